The molecule has 0 amide bonds. The van der Waals surface area contributed by atoms with Gasteiger partial charge in [0.25, 0.3) is 0 Å². The van der Waals surface area contributed by atoms with Gasteiger partial charge in [-0.05, 0) is 44.0 Å². The minimum absolute atomic E-state index is 0.270. The largest absolute Gasteiger partial charge is 0.385 e. The molecule has 1 N–H and O–H groups in total. The molecule has 0 saturated heterocycles. The predicted octanol–water partition coefficient (Wildman–Crippen LogP) is 3.89. The molecule has 0 fully saturated rings. The summed E-state index contributed by atoms with van der Waals surface area (Å²) in [6.45, 7) is 5.79. The number of aryl methyl sites for hydroxylation is 2. The quantitative estimate of drug-likeness (QED) is 0.885. The van der Waals surface area contributed by atoms with Gasteiger partial charge in [-0.3, -0.25) is 0 Å². The minimum Gasteiger partial charge on any atom is -0.385 e. The van der Waals surface area contributed by atoms with Crippen molar-refractivity contribution < 1.29 is 9.50 Å². The molecule has 0 aromatic heterocycles. The van der Waals surface area contributed by atoms with Crippen molar-refractivity contribution in [2.24, 2.45) is 0 Å². The lowest BCUT2D eigenvalue weighted by atomic mass is 9.87. The van der Waals surface area contributed by atoms with Gasteiger partial charge in [0.2, 0.25) is 0 Å². The molecule has 19 heavy (non-hydrogen) atoms. The summed E-state index contributed by atoms with van der Waals surface area (Å²) in [4.78, 5) is 0. The molecule has 1 atom stereocenters. The topological polar surface area (TPSA) is 20.2 Å². The second-order valence-electron chi connectivity index (χ2n) is 5.46. The van der Waals surface area contributed by atoms with Crippen molar-refractivity contribution in [1.82, 2.24) is 0 Å². The normalized spacial score (nSPS) is 14.2. The molecule has 0 radical (unpaired) electrons. The van der Waals surface area contributed by atoms with E-state index in [0.717, 1.165) is 22.3 Å². The molecule has 2 aromatic rings. The second-order valence-corrected chi connectivity index (χ2v) is 5.46. The highest BCUT2D eigenvalue weighted by Gasteiger charge is 2.24. The smallest absolute Gasteiger partial charge is 0.123 e. The zero-order chi connectivity index (χ0) is 14.0. The van der Waals surface area contributed by atoms with E-state index in [4.69, 9.17) is 0 Å². The van der Waals surface area contributed by atoms with Crippen molar-refractivity contribution in [3.05, 3.63) is 70.5 Å². The van der Waals surface area contributed by atoms with Crippen molar-refractivity contribution in [3.63, 3.8) is 0 Å². The molecule has 1 nitrogen and oxygen atoms in total. The number of benzene rings is 2. The maximum atomic E-state index is 13.2. The summed E-state index contributed by atoms with van der Waals surface area (Å²) < 4.78 is 13.2. The number of hydrogen-bond donors (Lipinski definition) is 1. The van der Waals surface area contributed by atoms with Crippen molar-refractivity contribution >= 4 is 0 Å². The Morgan fingerprint density at radius 2 is 1.68 bits per heavy atom. The van der Waals surface area contributed by atoms with Gasteiger partial charge in [-0.25, -0.2) is 4.39 Å². The third-order valence-corrected chi connectivity index (χ3v) is 3.28. The third kappa shape index (κ3) is 3.42. The van der Waals surface area contributed by atoms with Crippen LogP contribution in [0.1, 0.15) is 29.2 Å². The van der Waals surface area contributed by atoms with E-state index in [-0.39, 0.29) is 5.82 Å². The van der Waals surface area contributed by atoms with Gasteiger partial charge in [0.1, 0.15) is 5.82 Å². The summed E-state index contributed by atoms with van der Waals surface area (Å²) >= 11 is 0. The zero-order valence-electron chi connectivity index (χ0n) is 11.6. The Morgan fingerprint density at radius 1 is 1.05 bits per heavy atom. The molecule has 100 valence electrons. The summed E-state index contributed by atoms with van der Waals surface area (Å²) in [7, 11) is 0. The van der Waals surface area contributed by atoms with Crippen LogP contribution in [0.2, 0.25) is 0 Å². The minimum atomic E-state index is -0.995. The first-order valence-corrected chi connectivity index (χ1v) is 6.42. The first kappa shape index (κ1) is 13.8. The van der Waals surface area contributed by atoms with Crippen LogP contribution in [0.3, 0.4) is 0 Å². The molecular formula is C17H19FO. The first-order chi connectivity index (χ1) is 8.87. The fourth-order valence-electron chi connectivity index (χ4n) is 2.43. The maximum absolute atomic E-state index is 13.2. The molecule has 0 heterocycles. The van der Waals surface area contributed by atoms with Crippen molar-refractivity contribution in [1.29, 1.82) is 0 Å². The lowest BCUT2D eigenvalue weighted by molar-refractivity contribution is 0.0574. The first-order valence-electron chi connectivity index (χ1n) is 6.42. The van der Waals surface area contributed by atoms with E-state index in [2.05, 4.69) is 6.07 Å². The molecule has 2 heteroatoms. The van der Waals surface area contributed by atoms with Crippen LogP contribution < -0.4 is 0 Å². The van der Waals surface area contributed by atoms with Gasteiger partial charge in [-0.15, -0.1) is 0 Å². The van der Waals surface area contributed by atoms with Crippen LogP contribution >= 0.6 is 0 Å². The molecule has 0 aliphatic carbocycles. The highest BCUT2D eigenvalue weighted by Crippen LogP contribution is 2.27. The summed E-state index contributed by atoms with van der Waals surface area (Å²) in [6, 6.07) is 12.4. The summed E-state index contributed by atoms with van der Waals surface area (Å²) in [5.74, 6) is -0.270. The molecule has 0 aliphatic heterocycles. The summed E-state index contributed by atoms with van der Waals surface area (Å²) in [6.07, 6.45) is 0.396. The lowest BCUT2D eigenvalue weighted by Crippen LogP contribution is -2.24. The Morgan fingerprint density at radius 3 is 2.26 bits per heavy atom. The Kier molecular flexibility index (Phi) is 3.72. The molecule has 1 unspecified atom stereocenters. The van der Waals surface area contributed by atoms with Crippen LogP contribution in [0.25, 0.3) is 0 Å². The molecule has 2 rings (SSSR count). The highest BCUT2D eigenvalue weighted by atomic mass is 19.1. The van der Waals surface area contributed by atoms with Crippen LogP contribution in [0.4, 0.5) is 4.39 Å². The van der Waals surface area contributed by atoms with Gasteiger partial charge < -0.3 is 5.11 Å². The summed E-state index contributed by atoms with van der Waals surface area (Å²) in [5, 5.41) is 10.7. The average Bonchev–Trinajstić information content (AvgIpc) is 2.26. The molecule has 2 aromatic carbocycles. The van der Waals surface area contributed by atoms with E-state index in [9.17, 15) is 9.50 Å². The van der Waals surface area contributed by atoms with Crippen LogP contribution in [0.15, 0.2) is 42.5 Å². The third-order valence-electron chi connectivity index (χ3n) is 3.28. The van der Waals surface area contributed by atoms with E-state index in [1.54, 1.807) is 13.0 Å². The van der Waals surface area contributed by atoms with Crippen LogP contribution in [-0.4, -0.2) is 5.11 Å². The standard InChI is InChI=1S/C17H19FO/c1-12-7-13(2)9-15(8-12)17(3,19)11-14-5-4-6-16(18)10-14/h4-10,19H,11H2,1-3H3. The maximum Gasteiger partial charge on any atom is 0.123 e. The van der Waals surface area contributed by atoms with Crippen LogP contribution in [0.5, 0.6) is 0 Å². The number of halogens is 1. The predicted molar refractivity (Wildman–Crippen MR) is 75.6 cm³/mol. The monoisotopic (exact) mass is 258 g/mol. The molecule has 0 bridgehead atoms. The number of aliphatic hydroxyl groups is 1. The van der Waals surface area contributed by atoms with Crippen molar-refractivity contribution in [2.45, 2.75) is 32.8 Å². The van der Waals surface area contributed by atoms with E-state index in [1.807, 2.05) is 32.0 Å². The molecule has 0 spiro atoms. The van der Waals surface area contributed by atoms with Crippen LogP contribution in [0, 0.1) is 19.7 Å². The van der Waals surface area contributed by atoms with Crippen LogP contribution in [-0.2, 0) is 12.0 Å². The molecular weight excluding hydrogens is 239 g/mol. The Bertz CT molecular complexity index is 567. The Balaban J connectivity index is 2.31. The fraction of sp³-hybridized carbons (Fsp3) is 0.294. The van der Waals surface area contributed by atoms with Gasteiger partial charge in [0.05, 0.1) is 5.60 Å². The SMILES string of the molecule is Cc1cc(C)cc(C(C)(O)Cc2cccc(F)c2)c1. The molecule has 0 saturated carbocycles. The van der Waals surface area contributed by atoms with Crippen molar-refractivity contribution in [3.8, 4) is 0 Å². The number of hydrogen-bond acceptors (Lipinski definition) is 1. The average molecular weight is 258 g/mol. The lowest BCUT2D eigenvalue weighted by Gasteiger charge is -2.25. The van der Waals surface area contributed by atoms with Gasteiger partial charge in [0, 0.05) is 6.42 Å². The summed E-state index contributed by atoms with van der Waals surface area (Å²) in [5.41, 5.74) is 2.91. The number of rotatable bonds is 3. The van der Waals surface area contributed by atoms with Gasteiger partial charge in [-0.2, -0.15) is 0 Å². The fourth-order valence-corrected chi connectivity index (χ4v) is 2.43. The molecule has 0 aliphatic rings. The van der Waals surface area contributed by atoms with Gasteiger partial charge >= 0.3 is 0 Å². The highest BCUT2D eigenvalue weighted by molar-refractivity contribution is 5.33. The van der Waals surface area contributed by atoms with E-state index in [1.165, 1.54) is 12.1 Å². The van der Waals surface area contributed by atoms with Gasteiger partial charge in [-0.1, -0.05) is 41.5 Å². The Labute approximate surface area is 113 Å². The van der Waals surface area contributed by atoms with E-state index < -0.39 is 5.60 Å². The van der Waals surface area contributed by atoms with Crippen molar-refractivity contribution in [2.75, 3.05) is 0 Å². The Hall–Kier alpha value is -1.67. The van der Waals surface area contributed by atoms with E-state index in [0.29, 0.717) is 6.42 Å². The van der Waals surface area contributed by atoms with E-state index >= 15 is 0 Å². The second kappa shape index (κ2) is 5.14. The zero-order valence-corrected chi connectivity index (χ0v) is 11.6. The van der Waals surface area contributed by atoms with Gasteiger partial charge in [0.15, 0.2) is 0 Å².